The predicted octanol–water partition coefficient (Wildman–Crippen LogP) is 4.92. The van der Waals surface area contributed by atoms with Crippen LogP contribution in [0.1, 0.15) is 58.9 Å². The number of carboxylic acids is 1. The molecule has 0 aromatic heterocycles. The molecular weight excluding hydrogens is 292 g/mol. The molecule has 1 aromatic carbocycles. The van der Waals surface area contributed by atoms with E-state index in [4.69, 9.17) is 14.6 Å². The molecule has 23 heavy (non-hydrogen) atoms. The number of ether oxygens (including phenoxy) is 2. The van der Waals surface area contributed by atoms with Gasteiger partial charge in [-0.25, -0.2) is 4.79 Å². The molecule has 2 atom stereocenters. The summed E-state index contributed by atoms with van der Waals surface area (Å²) in [7, 11) is 0. The second kappa shape index (κ2) is 9.93. The second-order valence-electron chi connectivity index (χ2n) is 5.84. The molecule has 0 fully saturated rings. The molecule has 4 nitrogen and oxygen atoms in total. The van der Waals surface area contributed by atoms with Crippen molar-refractivity contribution in [1.29, 1.82) is 0 Å². The maximum absolute atomic E-state index is 10.7. The van der Waals surface area contributed by atoms with E-state index in [9.17, 15) is 4.79 Å². The maximum Gasteiger partial charge on any atom is 0.328 e. The van der Waals surface area contributed by atoms with Crippen LogP contribution in [0, 0.1) is 0 Å². The number of carbonyl (C=O) groups is 1. The summed E-state index contributed by atoms with van der Waals surface area (Å²) in [5, 5.41) is 8.79. The highest BCUT2D eigenvalue weighted by Gasteiger charge is 2.09. The van der Waals surface area contributed by atoms with Crippen molar-refractivity contribution in [2.75, 3.05) is 0 Å². The molecule has 1 N–H and O–H groups in total. The van der Waals surface area contributed by atoms with Gasteiger partial charge in [0.1, 0.15) is 11.5 Å². The van der Waals surface area contributed by atoms with Crippen molar-refractivity contribution in [3.8, 4) is 11.5 Å². The molecule has 0 aliphatic rings. The van der Waals surface area contributed by atoms with Gasteiger partial charge < -0.3 is 14.6 Å². The molecule has 1 rings (SSSR count). The first kappa shape index (κ1) is 19.1. The third kappa shape index (κ3) is 7.73. The molecule has 0 heterocycles. The van der Waals surface area contributed by atoms with E-state index >= 15 is 0 Å². The zero-order valence-electron chi connectivity index (χ0n) is 14.5. The summed E-state index contributed by atoms with van der Waals surface area (Å²) in [6.07, 6.45) is 6.94. The van der Waals surface area contributed by atoms with Crippen molar-refractivity contribution in [2.24, 2.45) is 0 Å². The number of rotatable bonds is 10. The molecule has 0 saturated heterocycles. The van der Waals surface area contributed by atoms with E-state index < -0.39 is 5.97 Å². The van der Waals surface area contributed by atoms with Crippen LogP contribution in [0.15, 0.2) is 24.3 Å². The molecule has 0 aliphatic carbocycles. The smallest absolute Gasteiger partial charge is 0.328 e. The Kier molecular flexibility index (Phi) is 8.23. The third-order valence-electron chi connectivity index (χ3n) is 3.39. The van der Waals surface area contributed by atoms with Gasteiger partial charge in [0.05, 0.1) is 12.2 Å². The number of carboxylic acid groups (broad SMARTS) is 1. The normalized spacial score (nSPS) is 13.7. The molecule has 2 unspecified atom stereocenters. The lowest BCUT2D eigenvalue weighted by molar-refractivity contribution is -0.131. The number of aliphatic carboxylic acids is 1. The fraction of sp³-hybridized carbons (Fsp3) is 0.526. The van der Waals surface area contributed by atoms with E-state index in [0.29, 0.717) is 11.5 Å². The lowest BCUT2D eigenvalue weighted by Gasteiger charge is -2.18. The number of hydrogen-bond donors (Lipinski definition) is 1. The van der Waals surface area contributed by atoms with E-state index in [0.717, 1.165) is 37.3 Å². The van der Waals surface area contributed by atoms with E-state index in [-0.39, 0.29) is 12.2 Å². The SMILES string of the molecule is CCCC(C)Oc1cc(/C=C/C(=O)O)cc(OC(C)CCC)c1. The van der Waals surface area contributed by atoms with Gasteiger partial charge in [0, 0.05) is 12.1 Å². The van der Waals surface area contributed by atoms with E-state index in [2.05, 4.69) is 13.8 Å². The zero-order valence-corrected chi connectivity index (χ0v) is 14.5. The van der Waals surface area contributed by atoms with Crippen molar-refractivity contribution < 1.29 is 19.4 Å². The quantitative estimate of drug-likeness (QED) is 0.622. The van der Waals surface area contributed by atoms with Gasteiger partial charge in [-0.3, -0.25) is 0 Å². The van der Waals surface area contributed by atoms with E-state index in [1.807, 2.05) is 32.0 Å². The van der Waals surface area contributed by atoms with Crippen LogP contribution in [-0.2, 0) is 4.79 Å². The lowest BCUT2D eigenvalue weighted by atomic mass is 10.1. The maximum atomic E-state index is 10.7. The first-order valence-electron chi connectivity index (χ1n) is 8.34. The Balaban J connectivity index is 2.98. The van der Waals surface area contributed by atoms with Gasteiger partial charge in [0.15, 0.2) is 0 Å². The fourth-order valence-corrected chi connectivity index (χ4v) is 2.39. The minimum atomic E-state index is -0.975. The van der Waals surface area contributed by atoms with Crippen molar-refractivity contribution >= 4 is 12.0 Å². The van der Waals surface area contributed by atoms with Crippen LogP contribution in [0.3, 0.4) is 0 Å². The van der Waals surface area contributed by atoms with Crippen molar-refractivity contribution in [3.63, 3.8) is 0 Å². The highest BCUT2D eigenvalue weighted by Crippen LogP contribution is 2.26. The topological polar surface area (TPSA) is 55.8 Å². The van der Waals surface area contributed by atoms with E-state index in [1.165, 1.54) is 0 Å². The zero-order chi connectivity index (χ0) is 17.2. The van der Waals surface area contributed by atoms with Crippen molar-refractivity contribution in [2.45, 2.75) is 65.6 Å². The summed E-state index contributed by atoms with van der Waals surface area (Å²) >= 11 is 0. The van der Waals surface area contributed by atoms with Crippen LogP contribution < -0.4 is 9.47 Å². The van der Waals surface area contributed by atoms with Crippen molar-refractivity contribution in [3.05, 3.63) is 29.8 Å². The van der Waals surface area contributed by atoms with Crippen LogP contribution in [0.25, 0.3) is 6.08 Å². The van der Waals surface area contributed by atoms with Gasteiger partial charge in [-0.1, -0.05) is 26.7 Å². The molecule has 0 spiro atoms. The Labute approximate surface area is 139 Å². The lowest BCUT2D eigenvalue weighted by Crippen LogP contribution is -2.13. The minimum absolute atomic E-state index is 0.111. The summed E-state index contributed by atoms with van der Waals surface area (Å²) < 4.78 is 11.8. The summed E-state index contributed by atoms with van der Waals surface area (Å²) in [6, 6.07) is 5.54. The highest BCUT2D eigenvalue weighted by atomic mass is 16.5. The molecule has 4 heteroatoms. The fourth-order valence-electron chi connectivity index (χ4n) is 2.39. The second-order valence-corrected chi connectivity index (χ2v) is 5.84. The molecular formula is C19H28O4. The predicted molar refractivity (Wildman–Crippen MR) is 93.1 cm³/mol. The van der Waals surface area contributed by atoms with Gasteiger partial charge in [0.25, 0.3) is 0 Å². The minimum Gasteiger partial charge on any atom is -0.491 e. The Morgan fingerprint density at radius 1 is 1.04 bits per heavy atom. The Bertz CT molecular complexity index is 490. The largest absolute Gasteiger partial charge is 0.491 e. The number of benzene rings is 1. The molecule has 0 aliphatic heterocycles. The van der Waals surface area contributed by atoms with Crippen molar-refractivity contribution in [1.82, 2.24) is 0 Å². The third-order valence-corrected chi connectivity index (χ3v) is 3.39. The molecule has 128 valence electrons. The number of hydrogen-bond acceptors (Lipinski definition) is 3. The average molecular weight is 320 g/mol. The van der Waals surface area contributed by atoms with Crippen LogP contribution >= 0.6 is 0 Å². The summed E-state index contributed by atoms with van der Waals surface area (Å²) in [5.74, 6) is 0.437. The van der Waals surface area contributed by atoms with E-state index in [1.54, 1.807) is 6.08 Å². The molecule has 0 radical (unpaired) electrons. The summed E-state index contributed by atoms with van der Waals surface area (Å²) in [6.45, 7) is 8.30. The summed E-state index contributed by atoms with van der Waals surface area (Å²) in [5.41, 5.74) is 0.757. The van der Waals surface area contributed by atoms with Gasteiger partial charge in [-0.05, 0) is 50.5 Å². The molecule has 0 bridgehead atoms. The highest BCUT2D eigenvalue weighted by molar-refractivity contribution is 5.85. The Morgan fingerprint density at radius 2 is 1.52 bits per heavy atom. The Morgan fingerprint density at radius 3 is 1.91 bits per heavy atom. The molecule has 1 aromatic rings. The first-order valence-corrected chi connectivity index (χ1v) is 8.34. The van der Waals surface area contributed by atoms with Crippen LogP contribution in [0.2, 0.25) is 0 Å². The first-order chi connectivity index (χ1) is 10.9. The van der Waals surface area contributed by atoms with Crippen LogP contribution in [-0.4, -0.2) is 23.3 Å². The molecule has 0 saturated carbocycles. The molecule has 0 amide bonds. The van der Waals surface area contributed by atoms with Gasteiger partial charge in [-0.15, -0.1) is 0 Å². The standard InChI is InChI=1S/C19H28O4/c1-5-7-14(3)22-17-11-16(9-10-19(20)21)12-18(13-17)23-15(4)8-6-2/h9-15H,5-8H2,1-4H3,(H,20,21)/b10-9+. The van der Waals surface area contributed by atoms with Crippen LogP contribution in [0.4, 0.5) is 0 Å². The monoisotopic (exact) mass is 320 g/mol. The van der Waals surface area contributed by atoms with Gasteiger partial charge in [-0.2, -0.15) is 0 Å². The van der Waals surface area contributed by atoms with Gasteiger partial charge >= 0.3 is 5.97 Å². The summed E-state index contributed by atoms with van der Waals surface area (Å²) in [4.78, 5) is 10.7. The van der Waals surface area contributed by atoms with Gasteiger partial charge in [0.2, 0.25) is 0 Å². The average Bonchev–Trinajstić information content (AvgIpc) is 2.45. The Hall–Kier alpha value is -1.97. The van der Waals surface area contributed by atoms with Crippen LogP contribution in [0.5, 0.6) is 11.5 Å².